The molecule has 9 heteroatoms. The molecule has 1 aliphatic rings. The summed E-state index contributed by atoms with van der Waals surface area (Å²) in [5.41, 5.74) is 1.90. The first-order valence-corrected chi connectivity index (χ1v) is 11.0. The van der Waals surface area contributed by atoms with E-state index in [4.69, 9.17) is 0 Å². The van der Waals surface area contributed by atoms with Crippen LogP contribution in [-0.4, -0.2) is 43.9 Å². The van der Waals surface area contributed by atoms with E-state index in [9.17, 15) is 17.2 Å². The van der Waals surface area contributed by atoms with Gasteiger partial charge in [0.05, 0.1) is 5.69 Å². The van der Waals surface area contributed by atoms with E-state index < -0.39 is 26.6 Å². The third kappa shape index (κ3) is 3.65. The van der Waals surface area contributed by atoms with E-state index in [-0.39, 0.29) is 13.1 Å². The van der Waals surface area contributed by atoms with Crippen LogP contribution in [0, 0.1) is 11.6 Å². The van der Waals surface area contributed by atoms with Crippen LogP contribution in [0.2, 0.25) is 0 Å². The van der Waals surface area contributed by atoms with E-state index in [1.165, 1.54) is 15.6 Å². The lowest BCUT2D eigenvalue weighted by Gasteiger charge is -2.33. The second-order valence-corrected chi connectivity index (χ2v) is 9.09. The molecule has 0 amide bonds. The van der Waals surface area contributed by atoms with E-state index in [1.807, 2.05) is 40.6 Å². The van der Waals surface area contributed by atoms with Crippen molar-refractivity contribution in [2.75, 3.05) is 31.1 Å². The molecule has 0 aliphatic carbocycles. The predicted molar refractivity (Wildman–Crippen MR) is 105 cm³/mol. The first-order chi connectivity index (χ1) is 13.4. The Labute approximate surface area is 165 Å². The van der Waals surface area contributed by atoms with Crippen LogP contribution >= 0.6 is 11.3 Å². The molecule has 4 rings (SSSR count). The molecule has 0 N–H and O–H groups in total. The monoisotopic (exact) mass is 421 g/mol. The van der Waals surface area contributed by atoms with Gasteiger partial charge in [0.2, 0.25) is 10.0 Å². The van der Waals surface area contributed by atoms with Gasteiger partial charge in [-0.2, -0.15) is 4.31 Å². The summed E-state index contributed by atoms with van der Waals surface area (Å²) in [7, 11) is -4.00. The number of sulfonamides is 1. The summed E-state index contributed by atoms with van der Waals surface area (Å²) >= 11 is 1.51. The first-order valence-electron chi connectivity index (χ1n) is 8.66. The minimum Gasteiger partial charge on any atom is -0.345 e. The van der Waals surface area contributed by atoms with Crippen molar-refractivity contribution < 1.29 is 17.2 Å². The van der Waals surface area contributed by atoms with Crippen molar-refractivity contribution in [3.63, 3.8) is 0 Å². The van der Waals surface area contributed by atoms with Gasteiger partial charge >= 0.3 is 0 Å². The standard InChI is InChI=1S/C19H17F2N3O2S2/c20-15-6-7-18(16(21)12-15)28(25,26)24-10-8-23(9-11-24)19-22-17(13-27-19)14-4-2-1-3-5-14/h1-7,12-13H,8-11H2. The second kappa shape index (κ2) is 7.57. The topological polar surface area (TPSA) is 53.5 Å². The number of rotatable bonds is 4. The van der Waals surface area contributed by atoms with Gasteiger partial charge in [0, 0.05) is 43.2 Å². The van der Waals surface area contributed by atoms with Gasteiger partial charge in [-0.3, -0.25) is 0 Å². The summed E-state index contributed by atoms with van der Waals surface area (Å²) in [6, 6.07) is 12.3. The number of hydrogen-bond acceptors (Lipinski definition) is 5. The molecule has 1 aliphatic heterocycles. The molecule has 1 fully saturated rings. The number of benzene rings is 2. The average molecular weight is 421 g/mol. The normalized spacial score (nSPS) is 15.7. The molecule has 5 nitrogen and oxygen atoms in total. The largest absolute Gasteiger partial charge is 0.345 e. The van der Waals surface area contributed by atoms with Crippen molar-refractivity contribution in [2.24, 2.45) is 0 Å². The Balaban J connectivity index is 1.47. The Morgan fingerprint density at radius 1 is 0.964 bits per heavy atom. The molecule has 0 saturated carbocycles. The highest BCUT2D eigenvalue weighted by Crippen LogP contribution is 2.29. The number of piperazine rings is 1. The zero-order valence-corrected chi connectivity index (χ0v) is 16.4. The molecule has 0 unspecified atom stereocenters. The average Bonchev–Trinajstić information content (AvgIpc) is 3.19. The van der Waals surface area contributed by atoms with Crippen molar-refractivity contribution in [1.29, 1.82) is 0 Å². The molecule has 0 radical (unpaired) electrons. The van der Waals surface area contributed by atoms with Gasteiger partial charge in [0.15, 0.2) is 5.13 Å². The highest BCUT2D eigenvalue weighted by molar-refractivity contribution is 7.89. The SMILES string of the molecule is O=S(=O)(c1ccc(F)cc1F)N1CCN(c2nc(-c3ccccc3)cs2)CC1. The van der Waals surface area contributed by atoms with Crippen molar-refractivity contribution in [2.45, 2.75) is 4.90 Å². The zero-order valence-electron chi connectivity index (χ0n) is 14.8. The van der Waals surface area contributed by atoms with Crippen molar-refractivity contribution >= 4 is 26.5 Å². The maximum Gasteiger partial charge on any atom is 0.246 e. The molecule has 1 aromatic heterocycles. The van der Waals surface area contributed by atoms with Gasteiger partial charge in [-0.15, -0.1) is 11.3 Å². The number of halogens is 2. The molecule has 0 spiro atoms. The molecule has 0 bridgehead atoms. The number of thiazole rings is 1. The predicted octanol–water partition coefficient (Wildman–Crippen LogP) is 3.60. The highest BCUT2D eigenvalue weighted by Gasteiger charge is 2.31. The third-order valence-corrected chi connectivity index (χ3v) is 7.42. The Morgan fingerprint density at radius 3 is 2.36 bits per heavy atom. The van der Waals surface area contributed by atoms with Crippen molar-refractivity contribution in [3.05, 3.63) is 65.5 Å². The fourth-order valence-electron chi connectivity index (χ4n) is 3.09. The van der Waals surface area contributed by atoms with Gasteiger partial charge in [-0.05, 0) is 12.1 Å². The lowest BCUT2D eigenvalue weighted by atomic mass is 10.2. The van der Waals surface area contributed by atoms with Crippen LogP contribution in [-0.2, 0) is 10.0 Å². The van der Waals surface area contributed by atoms with Crippen LogP contribution in [0.15, 0.2) is 58.8 Å². The van der Waals surface area contributed by atoms with E-state index >= 15 is 0 Å². The van der Waals surface area contributed by atoms with Gasteiger partial charge in [-0.1, -0.05) is 30.3 Å². The van der Waals surface area contributed by atoms with Gasteiger partial charge in [0.1, 0.15) is 16.5 Å². The maximum absolute atomic E-state index is 13.9. The molecule has 3 aromatic rings. The lowest BCUT2D eigenvalue weighted by Crippen LogP contribution is -2.48. The van der Waals surface area contributed by atoms with Crippen molar-refractivity contribution in [1.82, 2.24) is 9.29 Å². The number of nitrogens with zero attached hydrogens (tertiary/aromatic N) is 3. The molecule has 1 saturated heterocycles. The number of aromatic nitrogens is 1. The second-order valence-electron chi connectivity index (χ2n) is 6.35. The zero-order chi connectivity index (χ0) is 19.7. The first kappa shape index (κ1) is 19.0. The summed E-state index contributed by atoms with van der Waals surface area (Å²) in [6.45, 7) is 1.31. The molecule has 2 heterocycles. The van der Waals surface area contributed by atoms with Crippen LogP contribution in [0.4, 0.5) is 13.9 Å². The molecular weight excluding hydrogens is 404 g/mol. The van der Waals surface area contributed by atoms with Crippen LogP contribution in [0.3, 0.4) is 0 Å². The molecule has 2 aromatic carbocycles. The van der Waals surface area contributed by atoms with E-state index in [2.05, 4.69) is 4.98 Å². The molecule has 146 valence electrons. The minimum atomic E-state index is -4.00. The van der Waals surface area contributed by atoms with Crippen molar-refractivity contribution in [3.8, 4) is 11.3 Å². The Kier molecular flexibility index (Phi) is 5.13. The number of anilines is 1. The van der Waals surface area contributed by atoms with Gasteiger partial charge in [-0.25, -0.2) is 22.2 Å². The summed E-state index contributed by atoms with van der Waals surface area (Å²) in [5, 5.41) is 2.80. The maximum atomic E-state index is 13.9. The van der Waals surface area contributed by atoms with Crippen LogP contribution in [0.25, 0.3) is 11.3 Å². The Morgan fingerprint density at radius 2 is 1.68 bits per heavy atom. The fourth-order valence-corrected chi connectivity index (χ4v) is 5.45. The van der Waals surface area contributed by atoms with E-state index in [0.717, 1.165) is 28.5 Å². The molecular formula is C19H17F2N3O2S2. The van der Waals surface area contributed by atoms with Gasteiger partial charge in [0.25, 0.3) is 0 Å². The van der Waals surface area contributed by atoms with Crippen LogP contribution in [0.1, 0.15) is 0 Å². The smallest absolute Gasteiger partial charge is 0.246 e. The van der Waals surface area contributed by atoms with Crippen LogP contribution in [0.5, 0.6) is 0 Å². The summed E-state index contributed by atoms with van der Waals surface area (Å²) in [4.78, 5) is 6.17. The van der Waals surface area contributed by atoms with E-state index in [0.29, 0.717) is 19.2 Å². The highest BCUT2D eigenvalue weighted by atomic mass is 32.2. The van der Waals surface area contributed by atoms with Crippen LogP contribution < -0.4 is 4.90 Å². The Hall–Kier alpha value is -2.36. The summed E-state index contributed by atoms with van der Waals surface area (Å²) in [6.07, 6.45) is 0. The van der Waals surface area contributed by atoms with E-state index in [1.54, 1.807) is 0 Å². The number of hydrogen-bond donors (Lipinski definition) is 0. The Bertz CT molecular complexity index is 1080. The molecule has 0 atom stereocenters. The fraction of sp³-hybridized carbons (Fsp3) is 0.211. The lowest BCUT2D eigenvalue weighted by molar-refractivity contribution is 0.382. The van der Waals surface area contributed by atoms with Gasteiger partial charge < -0.3 is 4.90 Å². The summed E-state index contributed by atoms with van der Waals surface area (Å²) in [5.74, 6) is -1.88. The quantitative estimate of drug-likeness (QED) is 0.646. The summed E-state index contributed by atoms with van der Waals surface area (Å²) < 4.78 is 53.6. The molecule has 28 heavy (non-hydrogen) atoms. The third-order valence-electron chi connectivity index (χ3n) is 4.58. The minimum absolute atomic E-state index is 0.208.